The Morgan fingerprint density at radius 1 is 0.534 bits per heavy atom. The zero-order chi connectivity index (χ0) is 38.4. The van der Waals surface area contributed by atoms with Crippen LogP contribution in [-0.4, -0.2) is 17.9 Å². The van der Waals surface area contributed by atoms with Crippen LogP contribution in [0.3, 0.4) is 0 Å². The first kappa shape index (κ1) is 33.7. The maximum Gasteiger partial charge on any atom is 0.161 e. The molecule has 8 aromatic rings. The molecule has 0 saturated heterocycles. The van der Waals surface area contributed by atoms with Crippen LogP contribution < -0.4 is 0 Å². The van der Waals surface area contributed by atoms with E-state index in [0.717, 1.165) is 33.9 Å². The second kappa shape index (κ2) is 13.0. The number of amidine groups is 2. The molecule has 1 spiro atoms. The average molecular weight is 746 g/mol. The number of nitrogens with one attached hydrogen (secondary N) is 1. The van der Waals surface area contributed by atoms with Gasteiger partial charge >= 0.3 is 0 Å². The van der Waals surface area contributed by atoms with E-state index in [1.807, 2.05) is 66.9 Å². The summed E-state index contributed by atoms with van der Waals surface area (Å²) in [5.74, 6) is 3.94. The highest BCUT2D eigenvalue weighted by atomic mass is 14.9. The normalized spacial score (nSPS) is 23.0. The number of hydrogen-bond donors (Lipinski definition) is 1. The van der Waals surface area contributed by atoms with E-state index in [9.17, 15) is 0 Å². The van der Waals surface area contributed by atoms with E-state index < -0.39 is 0 Å². The molecule has 0 aromatic heterocycles. The fraction of sp³-hybridized carbons (Fsp3) is 0.182. The number of aliphatic imine (C=N–C) groups is 2. The Bertz CT molecular complexity index is 3000. The van der Waals surface area contributed by atoms with Crippen LogP contribution in [0.25, 0.3) is 54.6 Å². The van der Waals surface area contributed by atoms with E-state index in [4.69, 9.17) is 15.4 Å². The van der Waals surface area contributed by atoms with Crippen LogP contribution in [0.4, 0.5) is 0 Å². The van der Waals surface area contributed by atoms with Gasteiger partial charge in [0, 0.05) is 28.3 Å². The second-order valence-corrected chi connectivity index (χ2v) is 17.4. The van der Waals surface area contributed by atoms with Crippen LogP contribution in [0, 0.1) is 29.1 Å². The van der Waals surface area contributed by atoms with E-state index in [1.54, 1.807) is 11.1 Å². The maximum atomic E-state index is 8.75. The summed E-state index contributed by atoms with van der Waals surface area (Å²) in [7, 11) is 0. The fourth-order valence-electron chi connectivity index (χ4n) is 12.2. The predicted octanol–water partition coefficient (Wildman–Crippen LogP) is 13.4. The summed E-state index contributed by atoms with van der Waals surface area (Å²) < 4.78 is 0. The molecule has 13 rings (SSSR count). The topological polar surface area (TPSA) is 48.6 Å². The van der Waals surface area contributed by atoms with Gasteiger partial charge in [0.1, 0.15) is 0 Å². The van der Waals surface area contributed by atoms with Crippen LogP contribution in [0.5, 0.6) is 0 Å². The largest absolute Gasteiger partial charge is 0.282 e. The summed E-state index contributed by atoms with van der Waals surface area (Å²) in [6.07, 6.45) is 8.87. The molecule has 1 N–H and O–H groups in total. The summed E-state index contributed by atoms with van der Waals surface area (Å²) in [6, 6.07) is 59.1. The van der Waals surface area contributed by atoms with Crippen molar-refractivity contribution >= 4 is 50.2 Å². The smallest absolute Gasteiger partial charge is 0.161 e. The van der Waals surface area contributed by atoms with Gasteiger partial charge in [0.25, 0.3) is 0 Å². The Labute approximate surface area is 339 Å². The van der Waals surface area contributed by atoms with E-state index in [1.165, 1.54) is 81.3 Å². The molecule has 0 amide bonds. The quantitative estimate of drug-likeness (QED) is 0.138. The number of nitrogens with zero attached hydrogens (tertiary/aromatic N) is 2. The summed E-state index contributed by atoms with van der Waals surface area (Å²) in [4.78, 5) is 9.65. The van der Waals surface area contributed by atoms with Crippen LogP contribution in [0.1, 0.15) is 59.9 Å². The van der Waals surface area contributed by atoms with Crippen molar-refractivity contribution < 1.29 is 0 Å². The van der Waals surface area contributed by atoms with Gasteiger partial charge in [-0.15, -0.1) is 0 Å². The lowest BCUT2D eigenvalue weighted by molar-refractivity contribution is -0.0398. The molecule has 0 unspecified atom stereocenters. The minimum Gasteiger partial charge on any atom is -0.282 e. The highest BCUT2D eigenvalue weighted by Gasteiger charge is 2.61. The Balaban J connectivity index is 0.999. The van der Waals surface area contributed by atoms with Gasteiger partial charge in [-0.25, -0.2) is 9.98 Å². The van der Waals surface area contributed by atoms with Gasteiger partial charge in [0.15, 0.2) is 11.7 Å². The zero-order valence-electron chi connectivity index (χ0n) is 32.4. The van der Waals surface area contributed by atoms with Gasteiger partial charge in [0.05, 0.1) is 0 Å². The van der Waals surface area contributed by atoms with Crippen molar-refractivity contribution in [3.63, 3.8) is 0 Å². The number of rotatable bonds is 4. The molecule has 8 aromatic carbocycles. The second-order valence-electron chi connectivity index (χ2n) is 17.4. The fourth-order valence-corrected chi connectivity index (χ4v) is 12.2. The molecule has 58 heavy (non-hydrogen) atoms. The lowest BCUT2D eigenvalue weighted by Crippen LogP contribution is -2.55. The molecule has 0 radical (unpaired) electrons. The van der Waals surface area contributed by atoms with E-state index in [-0.39, 0.29) is 11.3 Å². The van der Waals surface area contributed by atoms with Crippen molar-refractivity contribution in [2.24, 2.45) is 33.7 Å². The summed E-state index contributed by atoms with van der Waals surface area (Å²) >= 11 is 0. The van der Waals surface area contributed by atoms with Crippen molar-refractivity contribution in [3.05, 3.63) is 192 Å². The Hall–Kier alpha value is -6.45. The van der Waals surface area contributed by atoms with Gasteiger partial charge in [0.2, 0.25) is 0 Å². The van der Waals surface area contributed by atoms with E-state index >= 15 is 0 Å². The first-order chi connectivity index (χ1) is 28.6. The molecule has 4 fully saturated rings. The molecule has 0 aliphatic heterocycles. The predicted molar refractivity (Wildman–Crippen MR) is 242 cm³/mol. The van der Waals surface area contributed by atoms with Crippen molar-refractivity contribution in [1.29, 1.82) is 5.41 Å². The van der Waals surface area contributed by atoms with Gasteiger partial charge in [-0.2, -0.15) is 0 Å². The Kier molecular flexibility index (Phi) is 7.57. The van der Waals surface area contributed by atoms with Crippen molar-refractivity contribution in [1.82, 2.24) is 0 Å². The first-order valence-corrected chi connectivity index (χ1v) is 21.1. The van der Waals surface area contributed by atoms with Gasteiger partial charge in [-0.1, -0.05) is 146 Å². The number of hydrogen-bond acceptors (Lipinski definition) is 1. The molecule has 5 aliphatic rings. The zero-order valence-corrected chi connectivity index (χ0v) is 32.4. The van der Waals surface area contributed by atoms with Crippen LogP contribution in [-0.2, 0) is 5.41 Å². The molecule has 4 bridgehead atoms. The van der Waals surface area contributed by atoms with Gasteiger partial charge in [-0.3, -0.25) is 5.41 Å². The Morgan fingerprint density at radius 2 is 1.19 bits per heavy atom. The van der Waals surface area contributed by atoms with Gasteiger partial charge < -0.3 is 0 Å². The SMILES string of the molecule is N=C(N=C(N=Cc1cccc2cc(-c3cccc4ccc5c(c34)-c3cc4ccccc4cc3C53C4CC5CC(C4)CC3C5)ccc12)c1ccccc1)c1ccccc1. The van der Waals surface area contributed by atoms with E-state index in [0.29, 0.717) is 17.7 Å². The third kappa shape index (κ3) is 5.09. The van der Waals surface area contributed by atoms with Crippen molar-refractivity contribution in [2.45, 2.75) is 37.5 Å². The van der Waals surface area contributed by atoms with Crippen LogP contribution >= 0.6 is 0 Å². The molecule has 0 heterocycles. The lowest BCUT2D eigenvalue weighted by Gasteiger charge is -2.61. The first-order valence-electron chi connectivity index (χ1n) is 21.1. The number of benzene rings is 8. The molecule has 278 valence electrons. The van der Waals surface area contributed by atoms with Crippen LogP contribution in [0.2, 0.25) is 0 Å². The molecule has 5 aliphatic carbocycles. The molecule has 3 heteroatoms. The summed E-state index contributed by atoms with van der Waals surface area (Å²) in [5.41, 5.74) is 11.4. The summed E-state index contributed by atoms with van der Waals surface area (Å²) in [5, 5.41) is 16.5. The monoisotopic (exact) mass is 745 g/mol. The molecular formula is C55H43N3. The van der Waals surface area contributed by atoms with Crippen molar-refractivity contribution in [3.8, 4) is 22.3 Å². The molecular weight excluding hydrogens is 703 g/mol. The van der Waals surface area contributed by atoms with Crippen molar-refractivity contribution in [2.75, 3.05) is 0 Å². The maximum absolute atomic E-state index is 8.75. The summed E-state index contributed by atoms with van der Waals surface area (Å²) in [6.45, 7) is 0. The highest BCUT2D eigenvalue weighted by Crippen LogP contribution is 2.70. The van der Waals surface area contributed by atoms with Crippen LogP contribution in [0.15, 0.2) is 174 Å². The van der Waals surface area contributed by atoms with E-state index in [2.05, 4.69) is 103 Å². The average Bonchev–Trinajstić information content (AvgIpc) is 3.55. The minimum atomic E-state index is 0.0997. The third-order valence-electron chi connectivity index (χ3n) is 14.4. The minimum absolute atomic E-state index is 0.0997. The number of fused-ring (bicyclic) bond motifs is 7. The highest BCUT2D eigenvalue weighted by molar-refractivity contribution is 6.15. The molecule has 3 nitrogen and oxygen atoms in total. The molecule has 0 atom stereocenters. The third-order valence-corrected chi connectivity index (χ3v) is 14.4. The standard InChI is InChI=1S/C55H43N3/c56-53(37-11-3-1-4-12-37)58-54(38-13-5-2-6-14-38)57-33-43-19-9-18-41-30-42(21-23-46(41)43)47-20-10-17-36-22-24-49-52(51(36)47)48-31-39-15-7-8-16-40(39)32-50(48)55(49)44-26-34-25-35(28-44)29-45(55)27-34/h1-24,30-35,44-45,56H,25-29H2. The van der Waals surface area contributed by atoms with Gasteiger partial charge in [-0.05, 0) is 140 Å². The molecule has 4 saturated carbocycles. The lowest BCUT2D eigenvalue weighted by atomic mass is 9.43. The Morgan fingerprint density at radius 3 is 1.95 bits per heavy atom.